The Morgan fingerprint density at radius 2 is 2.09 bits per heavy atom. The molecule has 1 aromatic rings. The van der Waals surface area contributed by atoms with E-state index < -0.39 is 12.1 Å². The van der Waals surface area contributed by atoms with Crippen LogP contribution < -0.4 is 16.0 Å². The van der Waals surface area contributed by atoms with E-state index in [9.17, 15) is 19.2 Å². The molecule has 1 unspecified atom stereocenters. The SMILES string of the molecule is C=C(Cl)/C=C(\C=C/C)NC(=O)NCc1ccc2c(c1)CN(C(CCC=O)C(=O)NC)C2=O. The molecule has 1 atom stereocenters. The van der Waals surface area contributed by atoms with Gasteiger partial charge in [-0.3, -0.25) is 9.59 Å². The molecule has 0 saturated heterocycles. The Bertz CT molecular complexity index is 971. The number of urea groups is 1. The van der Waals surface area contributed by atoms with Gasteiger partial charge in [0.1, 0.15) is 12.3 Å². The summed E-state index contributed by atoms with van der Waals surface area (Å²) in [7, 11) is 1.50. The summed E-state index contributed by atoms with van der Waals surface area (Å²) in [6.07, 6.45) is 6.16. The number of hydrogen-bond acceptors (Lipinski definition) is 4. The van der Waals surface area contributed by atoms with Crippen LogP contribution in [0.5, 0.6) is 0 Å². The Kier molecular flexibility index (Phi) is 9.22. The quantitative estimate of drug-likeness (QED) is 0.370. The summed E-state index contributed by atoms with van der Waals surface area (Å²) in [5.41, 5.74) is 2.58. The van der Waals surface area contributed by atoms with Gasteiger partial charge in [0, 0.05) is 42.9 Å². The lowest BCUT2D eigenvalue weighted by molar-refractivity contribution is -0.125. The van der Waals surface area contributed by atoms with Crippen molar-refractivity contribution in [1.29, 1.82) is 0 Å². The van der Waals surface area contributed by atoms with Crippen LogP contribution in [0.3, 0.4) is 0 Å². The molecule has 170 valence electrons. The van der Waals surface area contributed by atoms with Crippen molar-refractivity contribution in [2.24, 2.45) is 0 Å². The van der Waals surface area contributed by atoms with Crippen LogP contribution in [0.4, 0.5) is 4.79 Å². The zero-order valence-corrected chi connectivity index (χ0v) is 18.9. The van der Waals surface area contributed by atoms with Crippen LogP contribution in [0.15, 0.2) is 53.7 Å². The third kappa shape index (κ3) is 6.55. The van der Waals surface area contributed by atoms with Crippen LogP contribution in [0.25, 0.3) is 0 Å². The van der Waals surface area contributed by atoms with Crippen LogP contribution in [0, 0.1) is 0 Å². The second-order valence-corrected chi connectivity index (χ2v) is 7.64. The number of likely N-dealkylation sites (N-methyl/N-ethyl adjacent to an activating group) is 1. The van der Waals surface area contributed by atoms with Gasteiger partial charge in [-0.05, 0) is 42.7 Å². The predicted octanol–water partition coefficient (Wildman–Crippen LogP) is 2.75. The normalized spacial score (nSPS) is 14.2. The molecule has 4 amide bonds. The Morgan fingerprint density at radius 1 is 1.34 bits per heavy atom. The minimum Gasteiger partial charge on any atom is -0.357 e. The van der Waals surface area contributed by atoms with E-state index in [0.717, 1.165) is 17.4 Å². The largest absolute Gasteiger partial charge is 0.357 e. The molecule has 32 heavy (non-hydrogen) atoms. The van der Waals surface area contributed by atoms with Crippen LogP contribution in [0.1, 0.15) is 41.3 Å². The van der Waals surface area contributed by atoms with E-state index in [0.29, 0.717) is 11.3 Å². The average molecular weight is 459 g/mol. The van der Waals surface area contributed by atoms with Crippen LogP contribution in [-0.4, -0.2) is 42.1 Å². The Morgan fingerprint density at radius 3 is 2.72 bits per heavy atom. The van der Waals surface area contributed by atoms with E-state index in [2.05, 4.69) is 22.5 Å². The summed E-state index contributed by atoms with van der Waals surface area (Å²) in [4.78, 5) is 49.5. The number of fused-ring (bicyclic) bond motifs is 1. The maximum atomic E-state index is 12.8. The van der Waals surface area contributed by atoms with Gasteiger partial charge in [-0.25, -0.2) is 4.79 Å². The number of amides is 4. The number of allylic oxidation sites excluding steroid dienone is 4. The van der Waals surface area contributed by atoms with E-state index in [1.165, 1.54) is 18.0 Å². The van der Waals surface area contributed by atoms with Crippen molar-refractivity contribution in [2.45, 2.75) is 38.9 Å². The van der Waals surface area contributed by atoms with Crippen LogP contribution >= 0.6 is 11.6 Å². The number of nitrogens with one attached hydrogen (secondary N) is 3. The number of halogens is 1. The van der Waals surface area contributed by atoms with Gasteiger partial charge in [0.05, 0.1) is 0 Å². The molecule has 0 spiro atoms. The summed E-state index contributed by atoms with van der Waals surface area (Å²) >= 11 is 5.77. The monoisotopic (exact) mass is 458 g/mol. The van der Waals surface area contributed by atoms with Gasteiger partial charge in [-0.1, -0.05) is 36.4 Å². The standard InChI is InChI=1S/C23H27ClN4O4/c1-4-6-18(11-15(2)24)27-23(32)26-13-16-8-9-19-17(12-16)14-28(22(19)31)20(7-5-10-29)21(30)25-3/h4,6,8-12,20H,2,5,7,13-14H2,1,3H3,(H,25,30)(H2,26,27,32)/b6-4-,18-11+. The summed E-state index contributed by atoms with van der Waals surface area (Å²) < 4.78 is 0. The molecule has 0 bridgehead atoms. The zero-order valence-electron chi connectivity index (χ0n) is 18.1. The molecule has 3 N–H and O–H groups in total. The number of carbonyl (C=O) groups excluding carboxylic acids is 4. The second kappa shape index (κ2) is 11.9. The lowest BCUT2D eigenvalue weighted by atomic mass is 10.1. The lowest BCUT2D eigenvalue weighted by Crippen LogP contribution is -2.46. The van der Waals surface area contributed by atoms with Gasteiger partial charge in [-0.15, -0.1) is 0 Å². The first-order chi connectivity index (χ1) is 15.3. The maximum Gasteiger partial charge on any atom is 0.319 e. The average Bonchev–Trinajstić information content (AvgIpc) is 3.07. The first-order valence-corrected chi connectivity index (χ1v) is 10.5. The van der Waals surface area contributed by atoms with Crippen molar-refractivity contribution in [3.63, 3.8) is 0 Å². The fourth-order valence-electron chi connectivity index (χ4n) is 3.41. The van der Waals surface area contributed by atoms with Crippen LogP contribution in [-0.2, 0) is 22.7 Å². The van der Waals surface area contributed by atoms with Crippen molar-refractivity contribution >= 4 is 35.7 Å². The molecule has 0 aromatic heterocycles. The van der Waals surface area contributed by atoms with Gasteiger partial charge in [0.25, 0.3) is 5.91 Å². The topological polar surface area (TPSA) is 108 Å². The van der Waals surface area contributed by atoms with E-state index in [1.54, 1.807) is 24.3 Å². The highest BCUT2D eigenvalue weighted by atomic mass is 35.5. The number of benzene rings is 1. The highest BCUT2D eigenvalue weighted by Crippen LogP contribution is 2.27. The molecule has 1 aromatic carbocycles. The van der Waals surface area contributed by atoms with E-state index in [1.807, 2.05) is 13.0 Å². The number of rotatable bonds is 10. The predicted molar refractivity (Wildman–Crippen MR) is 123 cm³/mol. The maximum absolute atomic E-state index is 12.8. The molecule has 0 fully saturated rings. The zero-order chi connectivity index (χ0) is 23.7. The van der Waals surface area contributed by atoms with Crippen molar-refractivity contribution in [1.82, 2.24) is 20.9 Å². The minimum absolute atomic E-state index is 0.184. The summed E-state index contributed by atoms with van der Waals surface area (Å²) in [5, 5.41) is 8.28. The molecular weight excluding hydrogens is 432 g/mol. The molecule has 1 aliphatic rings. The van der Waals surface area contributed by atoms with Gasteiger partial charge in [0.15, 0.2) is 0 Å². The first kappa shape index (κ1) is 24.9. The van der Waals surface area contributed by atoms with Crippen molar-refractivity contribution < 1.29 is 19.2 Å². The molecule has 2 rings (SSSR count). The molecule has 0 saturated carbocycles. The number of nitrogens with zero attached hydrogens (tertiary/aromatic N) is 1. The number of carbonyl (C=O) groups is 4. The Labute approximate surface area is 192 Å². The van der Waals surface area contributed by atoms with Crippen LogP contribution in [0.2, 0.25) is 0 Å². The second-order valence-electron chi connectivity index (χ2n) is 7.15. The summed E-state index contributed by atoms with van der Waals surface area (Å²) in [6, 6.07) is 4.14. The van der Waals surface area contributed by atoms with Gasteiger partial charge in [-0.2, -0.15) is 0 Å². The van der Waals surface area contributed by atoms with Gasteiger partial charge in [0.2, 0.25) is 5.91 Å². The molecule has 0 radical (unpaired) electrons. The van der Waals surface area contributed by atoms with E-state index in [-0.39, 0.29) is 42.8 Å². The third-order valence-electron chi connectivity index (χ3n) is 4.85. The third-order valence-corrected chi connectivity index (χ3v) is 4.96. The number of hydrogen-bond donors (Lipinski definition) is 3. The molecular formula is C23H27ClN4O4. The molecule has 0 aliphatic carbocycles. The van der Waals surface area contributed by atoms with Gasteiger partial charge >= 0.3 is 6.03 Å². The highest BCUT2D eigenvalue weighted by molar-refractivity contribution is 6.30. The first-order valence-electron chi connectivity index (χ1n) is 10.1. The fraction of sp³-hybridized carbons (Fsp3) is 0.304. The van der Waals surface area contributed by atoms with Crippen molar-refractivity contribution in [3.8, 4) is 0 Å². The molecule has 1 heterocycles. The highest BCUT2D eigenvalue weighted by Gasteiger charge is 2.35. The number of aldehydes is 1. The van der Waals surface area contributed by atoms with E-state index in [4.69, 9.17) is 11.6 Å². The smallest absolute Gasteiger partial charge is 0.319 e. The van der Waals surface area contributed by atoms with Crippen molar-refractivity contribution in [3.05, 3.63) is 70.4 Å². The lowest BCUT2D eigenvalue weighted by Gasteiger charge is -2.25. The van der Waals surface area contributed by atoms with Gasteiger partial charge < -0.3 is 25.6 Å². The Hall–Kier alpha value is -3.39. The minimum atomic E-state index is -0.717. The summed E-state index contributed by atoms with van der Waals surface area (Å²) in [5.74, 6) is -0.560. The summed E-state index contributed by atoms with van der Waals surface area (Å²) in [6.45, 7) is 5.89. The fourth-order valence-corrected chi connectivity index (χ4v) is 3.53. The molecule has 8 nitrogen and oxygen atoms in total. The van der Waals surface area contributed by atoms with Crippen molar-refractivity contribution in [2.75, 3.05) is 7.05 Å². The van der Waals surface area contributed by atoms with E-state index >= 15 is 0 Å². The molecule has 1 aliphatic heterocycles. The Balaban J connectivity index is 2.07. The molecule has 9 heteroatoms.